The van der Waals surface area contributed by atoms with Crippen molar-refractivity contribution in [1.82, 2.24) is 10.3 Å². The Morgan fingerprint density at radius 2 is 1.88 bits per heavy atom. The average Bonchev–Trinajstić information content (AvgIpc) is 3.03. The predicted molar refractivity (Wildman–Crippen MR) is 101 cm³/mol. The van der Waals surface area contributed by atoms with E-state index in [4.69, 9.17) is 0 Å². The zero-order valence-corrected chi connectivity index (χ0v) is 15.2. The van der Waals surface area contributed by atoms with E-state index in [9.17, 15) is 0 Å². The predicted octanol–water partition coefficient (Wildman–Crippen LogP) is 3.51. The summed E-state index contributed by atoms with van der Waals surface area (Å²) in [6.07, 6.45) is 10.2. The lowest BCUT2D eigenvalue weighted by atomic mass is 9.67. The second kappa shape index (κ2) is 6.91. The van der Waals surface area contributed by atoms with Crippen molar-refractivity contribution in [2.45, 2.75) is 57.5 Å². The SMILES string of the molecule is CN[C@H]1CCN(c2ccnc(NC3CC4CC(C)CC(C4)C3)c2)C1. The summed E-state index contributed by atoms with van der Waals surface area (Å²) in [5.74, 6) is 3.87. The van der Waals surface area contributed by atoms with Crippen molar-refractivity contribution in [1.29, 1.82) is 0 Å². The van der Waals surface area contributed by atoms with Crippen molar-refractivity contribution in [2.75, 3.05) is 30.4 Å². The quantitative estimate of drug-likeness (QED) is 0.887. The van der Waals surface area contributed by atoms with E-state index in [0.717, 1.165) is 36.7 Å². The summed E-state index contributed by atoms with van der Waals surface area (Å²) in [7, 11) is 2.06. The van der Waals surface area contributed by atoms with Crippen LogP contribution in [0.15, 0.2) is 18.3 Å². The van der Waals surface area contributed by atoms with Crippen molar-refractivity contribution < 1.29 is 0 Å². The summed E-state index contributed by atoms with van der Waals surface area (Å²) in [6, 6.07) is 5.65. The number of hydrogen-bond acceptors (Lipinski definition) is 4. The van der Waals surface area contributed by atoms with Gasteiger partial charge in [0.1, 0.15) is 5.82 Å². The Bertz CT molecular complexity index is 542. The number of pyridine rings is 1. The monoisotopic (exact) mass is 328 g/mol. The van der Waals surface area contributed by atoms with Crippen LogP contribution in [0.25, 0.3) is 0 Å². The fourth-order valence-corrected chi connectivity index (χ4v) is 5.44. The number of fused-ring (bicyclic) bond motifs is 2. The number of hydrogen-bond donors (Lipinski definition) is 2. The van der Waals surface area contributed by atoms with Gasteiger partial charge in [0.05, 0.1) is 0 Å². The van der Waals surface area contributed by atoms with Gasteiger partial charge in [0.25, 0.3) is 0 Å². The van der Waals surface area contributed by atoms with Crippen molar-refractivity contribution in [2.24, 2.45) is 17.8 Å². The minimum atomic E-state index is 0.618. The maximum atomic E-state index is 4.60. The summed E-state index contributed by atoms with van der Waals surface area (Å²) in [4.78, 5) is 7.08. The van der Waals surface area contributed by atoms with Crippen LogP contribution in [-0.4, -0.2) is 37.2 Å². The highest BCUT2D eigenvalue weighted by Crippen LogP contribution is 2.43. The average molecular weight is 329 g/mol. The molecule has 0 amide bonds. The molecule has 0 aromatic carbocycles. The molecule has 3 fully saturated rings. The van der Waals surface area contributed by atoms with Crippen LogP contribution in [0.4, 0.5) is 11.5 Å². The number of aromatic nitrogens is 1. The fourth-order valence-electron chi connectivity index (χ4n) is 5.44. The summed E-state index contributed by atoms with van der Waals surface area (Å²) in [5.41, 5.74) is 1.31. The molecule has 4 rings (SSSR count). The van der Waals surface area contributed by atoms with E-state index in [1.165, 1.54) is 44.2 Å². The molecule has 2 N–H and O–H groups in total. The van der Waals surface area contributed by atoms with E-state index in [1.807, 2.05) is 6.20 Å². The lowest BCUT2D eigenvalue weighted by Gasteiger charge is -2.42. The molecule has 3 atom stereocenters. The molecule has 4 heteroatoms. The van der Waals surface area contributed by atoms with Gasteiger partial charge >= 0.3 is 0 Å². The van der Waals surface area contributed by atoms with Gasteiger partial charge in [0.2, 0.25) is 0 Å². The summed E-state index contributed by atoms with van der Waals surface area (Å²) >= 11 is 0. The number of likely N-dealkylation sites (N-methyl/N-ethyl adjacent to an activating group) is 1. The lowest BCUT2D eigenvalue weighted by molar-refractivity contribution is 0.137. The van der Waals surface area contributed by atoms with Gasteiger partial charge in [0, 0.05) is 43.1 Å². The van der Waals surface area contributed by atoms with Crippen LogP contribution in [-0.2, 0) is 0 Å². The van der Waals surface area contributed by atoms with Crippen molar-refractivity contribution >= 4 is 11.5 Å². The Hall–Kier alpha value is -1.29. The van der Waals surface area contributed by atoms with E-state index in [-0.39, 0.29) is 0 Å². The fraction of sp³-hybridized carbons (Fsp3) is 0.750. The topological polar surface area (TPSA) is 40.2 Å². The molecular formula is C20H32N4. The van der Waals surface area contributed by atoms with Crippen LogP contribution < -0.4 is 15.5 Å². The van der Waals surface area contributed by atoms with Crippen molar-refractivity contribution in [3.63, 3.8) is 0 Å². The highest BCUT2D eigenvalue weighted by atomic mass is 15.2. The van der Waals surface area contributed by atoms with Gasteiger partial charge in [0.15, 0.2) is 0 Å². The van der Waals surface area contributed by atoms with Gasteiger partial charge < -0.3 is 15.5 Å². The molecule has 2 aliphatic carbocycles. The molecule has 1 aromatic heterocycles. The van der Waals surface area contributed by atoms with E-state index >= 15 is 0 Å². The van der Waals surface area contributed by atoms with E-state index in [1.54, 1.807) is 0 Å². The molecule has 2 saturated carbocycles. The van der Waals surface area contributed by atoms with Gasteiger partial charge in [-0.05, 0) is 69.4 Å². The molecule has 24 heavy (non-hydrogen) atoms. The standard InChI is InChI=1S/C20H32N4/c1-14-7-15-9-16(8-14)11-18(10-15)23-20-12-19(3-5-22-20)24-6-4-17(13-24)21-2/h3,5,12,14-18,21H,4,6-11,13H2,1-2H3,(H,22,23)/t14?,15?,16?,17-,18?/m0/s1. The third kappa shape index (κ3) is 3.53. The molecule has 2 heterocycles. The maximum Gasteiger partial charge on any atom is 0.128 e. The minimum Gasteiger partial charge on any atom is -0.370 e. The Morgan fingerprint density at radius 3 is 2.58 bits per heavy atom. The second-order valence-corrected chi connectivity index (χ2v) is 8.48. The van der Waals surface area contributed by atoms with Gasteiger partial charge in [-0.1, -0.05) is 6.92 Å². The molecule has 1 saturated heterocycles. The molecule has 0 spiro atoms. The Balaban J connectivity index is 1.39. The van der Waals surface area contributed by atoms with Crippen LogP contribution in [0.5, 0.6) is 0 Å². The molecule has 2 unspecified atom stereocenters. The van der Waals surface area contributed by atoms with Crippen LogP contribution >= 0.6 is 0 Å². The van der Waals surface area contributed by atoms with Gasteiger partial charge in [-0.15, -0.1) is 0 Å². The van der Waals surface area contributed by atoms with Crippen LogP contribution in [0.2, 0.25) is 0 Å². The normalized spacial score (nSPS) is 35.9. The van der Waals surface area contributed by atoms with Gasteiger partial charge in [-0.3, -0.25) is 0 Å². The van der Waals surface area contributed by atoms with E-state index in [0.29, 0.717) is 12.1 Å². The Morgan fingerprint density at radius 1 is 1.08 bits per heavy atom. The zero-order valence-electron chi connectivity index (χ0n) is 15.2. The molecule has 1 aliphatic heterocycles. The first-order valence-corrected chi connectivity index (χ1v) is 9.84. The summed E-state index contributed by atoms with van der Waals surface area (Å²) < 4.78 is 0. The third-order valence-electron chi connectivity index (χ3n) is 6.43. The van der Waals surface area contributed by atoms with E-state index < -0.39 is 0 Å². The molecule has 0 radical (unpaired) electrons. The van der Waals surface area contributed by atoms with Gasteiger partial charge in [-0.25, -0.2) is 4.98 Å². The zero-order chi connectivity index (χ0) is 16.5. The summed E-state index contributed by atoms with van der Waals surface area (Å²) in [6.45, 7) is 4.68. The van der Waals surface area contributed by atoms with E-state index in [2.05, 4.69) is 46.6 Å². The minimum absolute atomic E-state index is 0.618. The Labute approximate surface area is 146 Å². The summed E-state index contributed by atoms with van der Waals surface area (Å²) in [5, 5.41) is 7.16. The van der Waals surface area contributed by atoms with Crippen LogP contribution in [0.3, 0.4) is 0 Å². The number of anilines is 2. The first-order chi connectivity index (χ1) is 11.7. The number of rotatable bonds is 4. The lowest BCUT2D eigenvalue weighted by Crippen LogP contribution is -2.36. The largest absolute Gasteiger partial charge is 0.370 e. The van der Waals surface area contributed by atoms with Crippen LogP contribution in [0.1, 0.15) is 45.4 Å². The second-order valence-electron chi connectivity index (χ2n) is 8.48. The number of nitrogens with one attached hydrogen (secondary N) is 2. The Kier molecular flexibility index (Phi) is 4.66. The van der Waals surface area contributed by atoms with Crippen molar-refractivity contribution in [3.05, 3.63) is 18.3 Å². The maximum absolute atomic E-state index is 4.60. The molecule has 4 nitrogen and oxygen atoms in total. The van der Waals surface area contributed by atoms with Gasteiger partial charge in [-0.2, -0.15) is 0 Å². The highest BCUT2D eigenvalue weighted by Gasteiger charge is 2.34. The smallest absolute Gasteiger partial charge is 0.128 e. The first-order valence-electron chi connectivity index (χ1n) is 9.84. The van der Waals surface area contributed by atoms with Crippen LogP contribution in [0, 0.1) is 17.8 Å². The molecular weight excluding hydrogens is 296 g/mol. The van der Waals surface area contributed by atoms with Crippen molar-refractivity contribution in [3.8, 4) is 0 Å². The number of nitrogens with zero attached hydrogens (tertiary/aromatic N) is 2. The molecule has 2 bridgehead atoms. The molecule has 132 valence electrons. The molecule has 1 aromatic rings. The molecule has 3 aliphatic rings. The highest BCUT2D eigenvalue weighted by molar-refractivity contribution is 5.55. The first kappa shape index (κ1) is 16.2. The third-order valence-corrected chi connectivity index (χ3v) is 6.43.